The lowest BCUT2D eigenvalue weighted by atomic mass is 10.1. The van der Waals surface area contributed by atoms with Crippen molar-refractivity contribution in [1.29, 1.82) is 0 Å². The standard InChI is InChI=1S/C21H18N4O3/c1-2-27-17-10-8-15(9-11-17)18-12-13-20(26)25(23-18)14-19-22-21(24-28-19)16-6-4-3-5-7-16/h3-13H,2,14H2,1H3. The largest absolute Gasteiger partial charge is 0.494 e. The average Bonchev–Trinajstić information content (AvgIpc) is 3.20. The number of ether oxygens (including phenoxy) is 1. The maximum Gasteiger partial charge on any atom is 0.267 e. The molecule has 4 rings (SSSR count). The van der Waals surface area contributed by atoms with Crippen molar-refractivity contribution in [3.8, 4) is 28.4 Å². The second-order valence-corrected chi connectivity index (χ2v) is 6.05. The van der Waals surface area contributed by atoms with Crippen molar-refractivity contribution in [2.45, 2.75) is 13.5 Å². The fraction of sp³-hybridized carbons (Fsp3) is 0.143. The zero-order valence-corrected chi connectivity index (χ0v) is 15.3. The summed E-state index contributed by atoms with van der Waals surface area (Å²) in [5.74, 6) is 1.59. The molecule has 0 atom stereocenters. The Balaban J connectivity index is 1.58. The molecule has 4 aromatic rings. The van der Waals surface area contributed by atoms with Gasteiger partial charge in [0.25, 0.3) is 5.56 Å². The van der Waals surface area contributed by atoms with E-state index in [4.69, 9.17) is 9.26 Å². The Bertz CT molecular complexity index is 1120. The van der Waals surface area contributed by atoms with Crippen molar-refractivity contribution in [3.05, 3.63) is 83.0 Å². The molecule has 0 radical (unpaired) electrons. The fourth-order valence-corrected chi connectivity index (χ4v) is 2.76. The van der Waals surface area contributed by atoms with Crippen molar-refractivity contribution < 1.29 is 9.26 Å². The first kappa shape index (κ1) is 17.7. The van der Waals surface area contributed by atoms with Gasteiger partial charge >= 0.3 is 0 Å². The van der Waals surface area contributed by atoms with Crippen LogP contribution in [-0.4, -0.2) is 26.5 Å². The topological polar surface area (TPSA) is 83.0 Å². The fourth-order valence-electron chi connectivity index (χ4n) is 2.76. The lowest BCUT2D eigenvalue weighted by Gasteiger charge is -2.07. The van der Waals surface area contributed by atoms with Gasteiger partial charge in [0.15, 0.2) is 0 Å². The van der Waals surface area contributed by atoms with Gasteiger partial charge in [-0.05, 0) is 37.3 Å². The van der Waals surface area contributed by atoms with E-state index >= 15 is 0 Å². The van der Waals surface area contributed by atoms with E-state index in [-0.39, 0.29) is 12.1 Å². The van der Waals surface area contributed by atoms with Crippen molar-refractivity contribution in [3.63, 3.8) is 0 Å². The van der Waals surface area contributed by atoms with Crippen molar-refractivity contribution in [2.24, 2.45) is 0 Å². The highest BCUT2D eigenvalue weighted by Gasteiger charge is 2.11. The Morgan fingerprint density at radius 1 is 0.964 bits per heavy atom. The number of rotatable bonds is 6. The third-order valence-electron chi connectivity index (χ3n) is 4.11. The Morgan fingerprint density at radius 3 is 2.50 bits per heavy atom. The Morgan fingerprint density at radius 2 is 1.75 bits per heavy atom. The highest BCUT2D eigenvalue weighted by Crippen LogP contribution is 2.20. The quantitative estimate of drug-likeness (QED) is 0.514. The summed E-state index contributed by atoms with van der Waals surface area (Å²) < 4.78 is 12.1. The van der Waals surface area contributed by atoms with E-state index in [1.807, 2.05) is 61.5 Å². The van der Waals surface area contributed by atoms with Gasteiger partial charge in [-0.2, -0.15) is 10.1 Å². The maximum atomic E-state index is 12.2. The number of benzene rings is 2. The molecule has 0 saturated carbocycles. The predicted molar refractivity (Wildman–Crippen MR) is 104 cm³/mol. The zero-order valence-electron chi connectivity index (χ0n) is 15.3. The van der Waals surface area contributed by atoms with E-state index in [0.717, 1.165) is 16.9 Å². The second-order valence-electron chi connectivity index (χ2n) is 6.05. The first-order valence-electron chi connectivity index (χ1n) is 8.92. The highest BCUT2D eigenvalue weighted by atomic mass is 16.5. The molecule has 0 bridgehead atoms. The van der Waals surface area contributed by atoms with Crippen LogP contribution >= 0.6 is 0 Å². The van der Waals surface area contributed by atoms with Crippen LogP contribution in [0, 0.1) is 0 Å². The summed E-state index contributed by atoms with van der Waals surface area (Å²) in [5, 5.41) is 8.41. The maximum absolute atomic E-state index is 12.2. The summed E-state index contributed by atoms with van der Waals surface area (Å²) in [6.07, 6.45) is 0. The van der Waals surface area contributed by atoms with E-state index < -0.39 is 0 Å². The molecule has 0 unspecified atom stereocenters. The minimum Gasteiger partial charge on any atom is -0.494 e. The first-order valence-corrected chi connectivity index (χ1v) is 8.92. The third-order valence-corrected chi connectivity index (χ3v) is 4.11. The van der Waals surface area contributed by atoms with E-state index in [9.17, 15) is 4.79 Å². The molecule has 140 valence electrons. The Hall–Kier alpha value is -3.74. The minimum absolute atomic E-state index is 0.101. The molecule has 0 aliphatic rings. The number of nitrogens with zero attached hydrogens (tertiary/aromatic N) is 4. The molecule has 0 spiro atoms. The van der Waals surface area contributed by atoms with Gasteiger partial charge in [-0.1, -0.05) is 35.5 Å². The molecule has 2 heterocycles. The van der Waals surface area contributed by atoms with Crippen LogP contribution in [0.5, 0.6) is 5.75 Å². The van der Waals surface area contributed by atoms with Gasteiger partial charge in [-0.25, -0.2) is 4.68 Å². The lowest BCUT2D eigenvalue weighted by Crippen LogP contribution is -2.23. The highest BCUT2D eigenvalue weighted by molar-refractivity contribution is 5.59. The molecule has 0 aliphatic heterocycles. The van der Waals surface area contributed by atoms with E-state index in [1.165, 1.54) is 10.7 Å². The SMILES string of the molecule is CCOc1ccc(-c2ccc(=O)n(Cc3nc(-c4ccccc4)no3)n2)cc1. The van der Waals surface area contributed by atoms with Crippen LogP contribution in [0.25, 0.3) is 22.6 Å². The van der Waals surface area contributed by atoms with Crippen molar-refractivity contribution in [1.82, 2.24) is 19.9 Å². The summed E-state index contributed by atoms with van der Waals surface area (Å²) in [6.45, 7) is 2.65. The van der Waals surface area contributed by atoms with Crippen LogP contribution in [-0.2, 0) is 6.54 Å². The molecular weight excluding hydrogens is 356 g/mol. The van der Waals surface area contributed by atoms with Crippen LogP contribution in [0.4, 0.5) is 0 Å². The Kier molecular flexibility index (Phi) is 4.97. The summed E-state index contributed by atoms with van der Waals surface area (Å²) >= 11 is 0. The van der Waals surface area contributed by atoms with Gasteiger partial charge in [-0.3, -0.25) is 4.79 Å². The predicted octanol–water partition coefficient (Wildman–Crippen LogP) is 3.41. The van der Waals surface area contributed by atoms with Gasteiger partial charge in [0, 0.05) is 17.2 Å². The van der Waals surface area contributed by atoms with Crippen molar-refractivity contribution >= 4 is 0 Å². The Labute approximate surface area is 161 Å². The first-order chi connectivity index (χ1) is 13.7. The van der Waals surface area contributed by atoms with Crippen molar-refractivity contribution in [2.75, 3.05) is 6.61 Å². The average molecular weight is 374 g/mol. The summed E-state index contributed by atoms with van der Waals surface area (Å²) in [5.41, 5.74) is 2.16. The van der Waals surface area contributed by atoms with Crippen LogP contribution in [0.3, 0.4) is 0 Å². The van der Waals surface area contributed by atoms with Crippen LogP contribution < -0.4 is 10.3 Å². The molecule has 0 fully saturated rings. The molecule has 0 N–H and O–H groups in total. The van der Waals surface area contributed by atoms with Crippen LogP contribution in [0.1, 0.15) is 12.8 Å². The van der Waals surface area contributed by atoms with Crippen LogP contribution in [0.15, 0.2) is 76.0 Å². The number of aromatic nitrogens is 4. The summed E-state index contributed by atoms with van der Waals surface area (Å²) in [4.78, 5) is 16.6. The third kappa shape index (κ3) is 3.83. The molecule has 0 aliphatic carbocycles. The molecule has 7 nitrogen and oxygen atoms in total. The smallest absolute Gasteiger partial charge is 0.267 e. The van der Waals surface area contributed by atoms with Gasteiger partial charge < -0.3 is 9.26 Å². The normalized spacial score (nSPS) is 10.8. The summed E-state index contributed by atoms with van der Waals surface area (Å²) in [6, 6.07) is 20.2. The number of hydrogen-bond donors (Lipinski definition) is 0. The minimum atomic E-state index is -0.242. The molecule has 7 heteroatoms. The monoisotopic (exact) mass is 374 g/mol. The van der Waals surface area contributed by atoms with E-state index in [1.54, 1.807) is 6.07 Å². The molecule has 0 amide bonds. The molecule has 0 saturated heterocycles. The molecule has 2 aromatic carbocycles. The molecule has 28 heavy (non-hydrogen) atoms. The number of hydrogen-bond acceptors (Lipinski definition) is 6. The van der Waals surface area contributed by atoms with Gasteiger partial charge in [0.05, 0.1) is 12.3 Å². The lowest BCUT2D eigenvalue weighted by molar-refractivity contribution is 0.340. The summed E-state index contributed by atoms with van der Waals surface area (Å²) in [7, 11) is 0. The molecule has 2 aromatic heterocycles. The van der Waals surface area contributed by atoms with Crippen LogP contribution in [0.2, 0.25) is 0 Å². The van der Waals surface area contributed by atoms with Gasteiger partial charge in [0.1, 0.15) is 12.3 Å². The van der Waals surface area contributed by atoms with Gasteiger partial charge in [-0.15, -0.1) is 0 Å². The molecular formula is C21H18N4O3. The second kappa shape index (κ2) is 7.87. The zero-order chi connectivity index (χ0) is 19.3. The van der Waals surface area contributed by atoms with Gasteiger partial charge in [0.2, 0.25) is 11.7 Å². The van der Waals surface area contributed by atoms with E-state index in [2.05, 4.69) is 15.2 Å². The van der Waals surface area contributed by atoms with E-state index in [0.29, 0.717) is 24.0 Å².